The maximum absolute atomic E-state index is 2.37. The number of hydrogen-bond acceptors (Lipinski definition) is 0. The molecule has 0 saturated heterocycles. The van der Waals surface area contributed by atoms with Crippen molar-refractivity contribution in [2.24, 2.45) is 5.92 Å². The Morgan fingerprint density at radius 2 is 1.92 bits per heavy atom. The summed E-state index contributed by atoms with van der Waals surface area (Å²) in [6.07, 6.45) is 2.71. The molecule has 0 radical (unpaired) electrons. The summed E-state index contributed by atoms with van der Waals surface area (Å²) in [4.78, 5) is 0. The third-order valence-electron chi connectivity index (χ3n) is 2.06. The molecule has 0 spiro atoms. The third-order valence-corrected chi connectivity index (χ3v) is 4.87. The molecule has 0 aliphatic heterocycles. The van der Waals surface area contributed by atoms with E-state index in [9.17, 15) is 0 Å². The molecule has 0 fully saturated rings. The molecule has 0 bridgehead atoms. The molecule has 1 rings (SSSR count). The summed E-state index contributed by atoms with van der Waals surface area (Å²) in [5, 5.41) is 1.39. The van der Waals surface area contributed by atoms with Gasteiger partial charge in [0.25, 0.3) is 0 Å². The first-order valence-corrected chi connectivity index (χ1v) is 7.07. The Morgan fingerprint density at radius 3 is 2.54 bits per heavy atom. The molecule has 0 N–H and O–H groups in total. The first kappa shape index (κ1) is 10.8. The van der Waals surface area contributed by atoms with Crippen molar-refractivity contribution in [3.8, 4) is 0 Å². The van der Waals surface area contributed by atoms with Gasteiger partial charge in [0.2, 0.25) is 0 Å². The van der Waals surface area contributed by atoms with E-state index in [1.165, 1.54) is 22.6 Å². The molecule has 0 aliphatic rings. The van der Waals surface area contributed by atoms with Gasteiger partial charge in [-0.25, -0.2) is 0 Å². The van der Waals surface area contributed by atoms with Gasteiger partial charge >= 0.3 is 87.7 Å². The van der Waals surface area contributed by atoms with Crippen molar-refractivity contribution >= 4 is 19.4 Å². The normalized spacial score (nSPS) is 12.8. The third kappa shape index (κ3) is 4.50. The molecule has 0 nitrogen and oxygen atoms in total. The molecular formula is C12H18Se. The fraction of sp³-hybridized carbons (Fsp3) is 0.500. The number of hydrogen-bond donors (Lipinski definition) is 0. The van der Waals surface area contributed by atoms with Crippen LogP contribution in [0.25, 0.3) is 0 Å². The zero-order chi connectivity index (χ0) is 9.52. The van der Waals surface area contributed by atoms with Crippen LogP contribution in [0.2, 0.25) is 5.32 Å². The predicted molar refractivity (Wildman–Crippen MR) is 60.7 cm³/mol. The van der Waals surface area contributed by atoms with Crippen LogP contribution in [0, 0.1) is 5.92 Å². The Bertz CT molecular complexity index is 218. The molecule has 1 atom stereocenters. The van der Waals surface area contributed by atoms with Gasteiger partial charge in [-0.3, -0.25) is 0 Å². The van der Waals surface area contributed by atoms with Gasteiger partial charge in [-0.15, -0.1) is 0 Å². The zero-order valence-corrected chi connectivity index (χ0v) is 10.2. The summed E-state index contributed by atoms with van der Waals surface area (Å²) < 4.78 is 1.54. The average molecular weight is 241 g/mol. The molecular weight excluding hydrogens is 223 g/mol. The SMILES string of the molecule is CCCC(C)C[Se]c1ccccc1. The van der Waals surface area contributed by atoms with Gasteiger partial charge < -0.3 is 0 Å². The van der Waals surface area contributed by atoms with E-state index in [4.69, 9.17) is 0 Å². The minimum absolute atomic E-state index is 0.690. The molecule has 0 aromatic heterocycles. The van der Waals surface area contributed by atoms with Crippen molar-refractivity contribution in [1.29, 1.82) is 0 Å². The van der Waals surface area contributed by atoms with Crippen LogP contribution in [0.5, 0.6) is 0 Å². The summed E-state index contributed by atoms with van der Waals surface area (Å²) in [6.45, 7) is 4.64. The van der Waals surface area contributed by atoms with Gasteiger partial charge in [0, 0.05) is 0 Å². The molecule has 0 saturated carbocycles. The van der Waals surface area contributed by atoms with Crippen LogP contribution >= 0.6 is 0 Å². The molecule has 0 heterocycles. The van der Waals surface area contributed by atoms with E-state index >= 15 is 0 Å². The molecule has 1 unspecified atom stereocenters. The monoisotopic (exact) mass is 242 g/mol. The van der Waals surface area contributed by atoms with E-state index in [1.807, 2.05) is 0 Å². The van der Waals surface area contributed by atoms with Gasteiger partial charge in [0.1, 0.15) is 0 Å². The summed E-state index contributed by atoms with van der Waals surface area (Å²) in [6, 6.07) is 10.9. The van der Waals surface area contributed by atoms with E-state index in [1.54, 1.807) is 0 Å². The first-order chi connectivity index (χ1) is 6.33. The fourth-order valence-corrected chi connectivity index (χ4v) is 3.42. The number of rotatable bonds is 5. The Hall–Kier alpha value is -0.261. The Morgan fingerprint density at radius 1 is 1.23 bits per heavy atom. The van der Waals surface area contributed by atoms with Crippen molar-refractivity contribution in [3.05, 3.63) is 30.3 Å². The van der Waals surface area contributed by atoms with E-state index < -0.39 is 0 Å². The van der Waals surface area contributed by atoms with Gasteiger partial charge in [0.05, 0.1) is 0 Å². The second kappa shape index (κ2) is 6.23. The van der Waals surface area contributed by atoms with Gasteiger partial charge in [0.15, 0.2) is 0 Å². The van der Waals surface area contributed by atoms with Crippen LogP contribution in [-0.2, 0) is 0 Å². The van der Waals surface area contributed by atoms with Gasteiger partial charge in [-0.1, -0.05) is 0 Å². The summed E-state index contributed by atoms with van der Waals surface area (Å²) in [5.41, 5.74) is 0. The number of benzene rings is 1. The predicted octanol–water partition coefficient (Wildman–Crippen LogP) is 2.87. The van der Waals surface area contributed by atoms with Crippen molar-refractivity contribution in [2.75, 3.05) is 0 Å². The first-order valence-electron chi connectivity index (χ1n) is 5.00. The standard InChI is InChI=1S/C12H18Se/c1-3-7-11(2)10-13-12-8-5-4-6-9-12/h4-6,8-9,11H,3,7,10H2,1-2H3. The molecule has 1 heteroatoms. The van der Waals surface area contributed by atoms with Crippen LogP contribution in [0.15, 0.2) is 30.3 Å². The van der Waals surface area contributed by atoms with Crippen LogP contribution in [-0.4, -0.2) is 15.0 Å². The van der Waals surface area contributed by atoms with E-state index in [0.717, 1.165) is 5.92 Å². The van der Waals surface area contributed by atoms with Crippen molar-refractivity contribution < 1.29 is 0 Å². The molecule has 0 aliphatic carbocycles. The van der Waals surface area contributed by atoms with E-state index in [-0.39, 0.29) is 0 Å². The summed E-state index contributed by atoms with van der Waals surface area (Å²) in [5.74, 6) is 0.908. The summed E-state index contributed by atoms with van der Waals surface area (Å²) >= 11 is 0.690. The molecule has 72 valence electrons. The van der Waals surface area contributed by atoms with Crippen molar-refractivity contribution in [1.82, 2.24) is 0 Å². The van der Waals surface area contributed by atoms with E-state index in [2.05, 4.69) is 44.2 Å². The maximum atomic E-state index is 2.37. The van der Waals surface area contributed by atoms with E-state index in [0.29, 0.717) is 15.0 Å². The molecule has 1 aromatic carbocycles. The Labute approximate surface area is 87.9 Å². The van der Waals surface area contributed by atoms with Crippen LogP contribution < -0.4 is 4.46 Å². The van der Waals surface area contributed by atoms with Gasteiger partial charge in [-0.05, 0) is 0 Å². The molecule has 0 amide bonds. The van der Waals surface area contributed by atoms with Crippen LogP contribution in [0.3, 0.4) is 0 Å². The second-order valence-corrected chi connectivity index (χ2v) is 5.81. The Kier molecular flexibility index (Phi) is 5.19. The molecule has 13 heavy (non-hydrogen) atoms. The topological polar surface area (TPSA) is 0 Å². The van der Waals surface area contributed by atoms with Gasteiger partial charge in [-0.2, -0.15) is 0 Å². The second-order valence-electron chi connectivity index (χ2n) is 3.52. The summed E-state index contributed by atoms with van der Waals surface area (Å²) in [7, 11) is 0. The van der Waals surface area contributed by atoms with Crippen LogP contribution in [0.4, 0.5) is 0 Å². The fourth-order valence-electron chi connectivity index (χ4n) is 1.33. The Balaban J connectivity index is 2.27. The quantitative estimate of drug-likeness (QED) is 0.695. The van der Waals surface area contributed by atoms with Crippen molar-refractivity contribution in [3.63, 3.8) is 0 Å². The average Bonchev–Trinajstić information content (AvgIpc) is 2.17. The minimum atomic E-state index is 0.690. The van der Waals surface area contributed by atoms with Crippen LogP contribution in [0.1, 0.15) is 26.7 Å². The zero-order valence-electron chi connectivity index (χ0n) is 8.49. The molecule has 1 aromatic rings. The van der Waals surface area contributed by atoms with Crippen molar-refractivity contribution in [2.45, 2.75) is 32.0 Å².